The number of nitrogens with one attached hydrogen (secondary N) is 2. The van der Waals surface area contributed by atoms with Gasteiger partial charge in [-0.2, -0.15) is 9.97 Å². The van der Waals surface area contributed by atoms with E-state index < -0.39 is 0 Å². The summed E-state index contributed by atoms with van der Waals surface area (Å²) in [7, 11) is 0. The van der Waals surface area contributed by atoms with Gasteiger partial charge in [0.2, 0.25) is 5.95 Å². The van der Waals surface area contributed by atoms with Crippen molar-refractivity contribution in [1.29, 1.82) is 0 Å². The molecule has 132 valence electrons. The van der Waals surface area contributed by atoms with Crippen molar-refractivity contribution in [3.63, 3.8) is 0 Å². The van der Waals surface area contributed by atoms with E-state index >= 15 is 0 Å². The summed E-state index contributed by atoms with van der Waals surface area (Å²) in [5, 5.41) is 16.5. The maximum absolute atomic E-state index is 9.43. The van der Waals surface area contributed by atoms with Crippen molar-refractivity contribution in [2.75, 3.05) is 17.2 Å². The molecule has 1 atom stereocenters. The molecular formula is C17H21ClN6O. The minimum absolute atomic E-state index is 0.0159. The molecular weight excluding hydrogens is 340 g/mol. The number of rotatable bonds is 7. The maximum Gasteiger partial charge on any atom is 0.227 e. The predicted octanol–water partition coefficient (Wildman–Crippen LogP) is 3.43. The highest BCUT2D eigenvalue weighted by atomic mass is 35.5. The zero-order valence-corrected chi connectivity index (χ0v) is 15.0. The summed E-state index contributed by atoms with van der Waals surface area (Å²) in [4.78, 5) is 13.5. The summed E-state index contributed by atoms with van der Waals surface area (Å²) in [6.45, 7) is 4.79. The van der Waals surface area contributed by atoms with Crippen molar-refractivity contribution in [3.8, 4) is 0 Å². The minimum atomic E-state index is -0.102. The number of aliphatic hydroxyl groups excluding tert-OH is 1. The lowest BCUT2D eigenvalue weighted by Gasteiger charge is -2.15. The van der Waals surface area contributed by atoms with Crippen molar-refractivity contribution < 1.29 is 5.11 Å². The van der Waals surface area contributed by atoms with Gasteiger partial charge in [-0.25, -0.2) is 4.98 Å². The van der Waals surface area contributed by atoms with Crippen LogP contribution in [-0.4, -0.2) is 37.3 Å². The van der Waals surface area contributed by atoms with Gasteiger partial charge in [0.1, 0.15) is 0 Å². The van der Waals surface area contributed by atoms with Gasteiger partial charge in [-0.1, -0.05) is 24.6 Å². The number of anilines is 3. The molecule has 3 N–H and O–H groups in total. The number of halogens is 1. The van der Waals surface area contributed by atoms with Crippen LogP contribution in [0.25, 0.3) is 11.2 Å². The van der Waals surface area contributed by atoms with Crippen molar-refractivity contribution in [2.24, 2.45) is 0 Å². The summed E-state index contributed by atoms with van der Waals surface area (Å²) >= 11 is 6.06. The Bertz CT molecular complexity index is 861. The van der Waals surface area contributed by atoms with Gasteiger partial charge < -0.3 is 20.3 Å². The fraction of sp³-hybridized carbons (Fsp3) is 0.353. The van der Waals surface area contributed by atoms with E-state index in [9.17, 15) is 5.11 Å². The van der Waals surface area contributed by atoms with Crippen LogP contribution in [0.3, 0.4) is 0 Å². The summed E-state index contributed by atoms with van der Waals surface area (Å²) in [6, 6.07) is 7.31. The van der Waals surface area contributed by atoms with Gasteiger partial charge in [-0.15, -0.1) is 0 Å². The Labute approximate surface area is 151 Å². The minimum Gasteiger partial charge on any atom is -0.394 e. The van der Waals surface area contributed by atoms with Gasteiger partial charge in [-0.3, -0.25) is 0 Å². The molecule has 0 saturated heterocycles. The Kier molecular flexibility index (Phi) is 5.35. The fourth-order valence-electron chi connectivity index (χ4n) is 2.49. The molecule has 2 aromatic heterocycles. The Morgan fingerprint density at radius 1 is 1.28 bits per heavy atom. The molecule has 0 radical (unpaired) electrons. The van der Waals surface area contributed by atoms with Gasteiger partial charge in [-0.05, 0) is 31.5 Å². The van der Waals surface area contributed by atoms with Crippen LogP contribution in [0.15, 0.2) is 30.6 Å². The van der Waals surface area contributed by atoms with Gasteiger partial charge in [0.15, 0.2) is 17.0 Å². The van der Waals surface area contributed by atoms with Crippen LogP contribution in [0.4, 0.5) is 17.5 Å². The highest BCUT2D eigenvalue weighted by Crippen LogP contribution is 2.26. The summed E-state index contributed by atoms with van der Waals surface area (Å²) in [5.41, 5.74) is 2.24. The lowest BCUT2D eigenvalue weighted by Crippen LogP contribution is -2.24. The summed E-state index contributed by atoms with van der Waals surface area (Å²) in [6.07, 6.45) is 2.51. The van der Waals surface area contributed by atoms with E-state index in [4.69, 9.17) is 11.6 Å². The van der Waals surface area contributed by atoms with E-state index in [0.717, 1.165) is 24.3 Å². The molecule has 8 heteroatoms. The summed E-state index contributed by atoms with van der Waals surface area (Å²) < 4.78 is 1.95. The molecule has 0 fully saturated rings. The van der Waals surface area contributed by atoms with E-state index in [2.05, 4.69) is 25.6 Å². The van der Waals surface area contributed by atoms with E-state index in [1.807, 2.05) is 42.7 Å². The lowest BCUT2D eigenvalue weighted by molar-refractivity contribution is 0.271. The number of hydrogen-bond donors (Lipinski definition) is 3. The molecule has 3 aromatic rings. The average molecular weight is 361 g/mol. The normalized spacial score (nSPS) is 12.3. The van der Waals surface area contributed by atoms with E-state index in [1.54, 1.807) is 6.33 Å². The zero-order chi connectivity index (χ0) is 17.8. The first-order chi connectivity index (χ1) is 12.1. The molecule has 25 heavy (non-hydrogen) atoms. The first kappa shape index (κ1) is 17.4. The molecule has 2 heterocycles. The molecule has 0 aliphatic rings. The first-order valence-electron chi connectivity index (χ1n) is 8.27. The van der Waals surface area contributed by atoms with Crippen LogP contribution >= 0.6 is 11.6 Å². The highest BCUT2D eigenvalue weighted by Gasteiger charge is 2.15. The van der Waals surface area contributed by atoms with Gasteiger partial charge in [0, 0.05) is 17.3 Å². The molecule has 0 aliphatic carbocycles. The fourth-order valence-corrected chi connectivity index (χ4v) is 2.68. The van der Waals surface area contributed by atoms with Gasteiger partial charge >= 0.3 is 0 Å². The third-order valence-electron chi connectivity index (χ3n) is 3.94. The van der Waals surface area contributed by atoms with Crippen molar-refractivity contribution in [3.05, 3.63) is 35.6 Å². The predicted molar refractivity (Wildman–Crippen MR) is 101 cm³/mol. The van der Waals surface area contributed by atoms with E-state index in [0.29, 0.717) is 22.3 Å². The number of imidazole rings is 1. The number of hydrogen-bond acceptors (Lipinski definition) is 6. The van der Waals surface area contributed by atoms with Gasteiger partial charge in [0.05, 0.1) is 19.0 Å². The topological polar surface area (TPSA) is 87.9 Å². The summed E-state index contributed by atoms with van der Waals surface area (Å²) in [5.74, 6) is 1.04. The Hall–Kier alpha value is -2.38. The van der Waals surface area contributed by atoms with Crippen LogP contribution in [0.2, 0.25) is 5.02 Å². The monoisotopic (exact) mass is 360 g/mol. The van der Waals surface area contributed by atoms with Crippen LogP contribution in [-0.2, 0) is 6.54 Å². The number of benzene rings is 1. The molecule has 1 aromatic carbocycles. The van der Waals surface area contributed by atoms with Crippen LogP contribution < -0.4 is 10.6 Å². The first-order valence-corrected chi connectivity index (χ1v) is 8.65. The molecule has 7 nitrogen and oxygen atoms in total. The number of aromatic nitrogens is 4. The third kappa shape index (κ3) is 3.83. The number of fused-ring (bicyclic) bond motifs is 1. The largest absolute Gasteiger partial charge is 0.394 e. The molecule has 0 spiro atoms. The third-order valence-corrected chi connectivity index (χ3v) is 4.17. The van der Waals surface area contributed by atoms with Crippen LogP contribution in [0, 0.1) is 0 Å². The van der Waals surface area contributed by atoms with Crippen molar-refractivity contribution >= 4 is 40.2 Å². The Balaban J connectivity index is 2.04. The number of nitrogens with zero attached hydrogens (tertiary/aromatic N) is 4. The Morgan fingerprint density at radius 3 is 2.80 bits per heavy atom. The van der Waals surface area contributed by atoms with E-state index in [1.165, 1.54) is 0 Å². The molecule has 0 amide bonds. The number of aliphatic hydroxyl groups is 1. The highest BCUT2D eigenvalue weighted by molar-refractivity contribution is 6.30. The van der Waals surface area contributed by atoms with Gasteiger partial charge in [0.25, 0.3) is 0 Å². The second-order valence-electron chi connectivity index (χ2n) is 5.67. The standard InChI is InChI=1S/C17H21ClN6O/c1-3-12(9-25)21-17-22-15(20-13-7-5-6-11(18)8-13)14-16(23-17)24(4-2)10-19-14/h5-8,10,12,25H,3-4,9H2,1-2H3,(H2,20,21,22,23). The van der Waals surface area contributed by atoms with Crippen molar-refractivity contribution in [1.82, 2.24) is 19.5 Å². The smallest absolute Gasteiger partial charge is 0.227 e. The molecule has 1 unspecified atom stereocenters. The number of aryl methyl sites for hydroxylation is 1. The Morgan fingerprint density at radius 2 is 2.12 bits per heavy atom. The molecule has 3 rings (SSSR count). The second kappa shape index (κ2) is 7.67. The van der Waals surface area contributed by atoms with Crippen LogP contribution in [0.1, 0.15) is 20.3 Å². The SMILES string of the molecule is CCC(CO)Nc1nc(Nc2cccc(Cl)c2)c2ncn(CC)c2n1. The quantitative estimate of drug-likeness (QED) is 0.598. The zero-order valence-electron chi connectivity index (χ0n) is 14.2. The lowest BCUT2D eigenvalue weighted by atomic mass is 10.2. The molecule has 0 bridgehead atoms. The molecule has 0 aliphatic heterocycles. The second-order valence-corrected chi connectivity index (χ2v) is 6.10. The average Bonchev–Trinajstić information content (AvgIpc) is 3.03. The maximum atomic E-state index is 9.43. The van der Waals surface area contributed by atoms with E-state index in [-0.39, 0.29) is 12.6 Å². The van der Waals surface area contributed by atoms with Crippen molar-refractivity contribution in [2.45, 2.75) is 32.9 Å². The van der Waals surface area contributed by atoms with Crippen LogP contribution in [0.5, 0.6) is 0 Å². The molecule has 0 saturated carbocycles.